The molecule has 0 saturated heterocycles. The molecule has 168 valence electrons. The van der Waals surface area contributed by atoms with Crippen molar-refractivity contribution in [3.63, 3.8) is 0 Å². The van der Waals surface area contributed by atoms with Crippen LogP contribution in [0.15, 0.2) is 0 Å². The molecule has 0 aliphatic carbocycles. The average Bonchev–Trinajstić information content (AvgIpc) is 2.66. The first-order valence-corrected chi connectivity index (χ1v) is 15.6. The predicted octanol–water partition coefficient (Wildman–Crippen LogP) is 4.68. The highest BCUT2D eigenvalue weighted by Gasteiger charge is 2.41. The Labute approximate surface area is 175 Å². The fourth-order valence-electron chi connectivity index (χ4n) is 3.25. The van der Waals surface area contributed by atoms with Crippen LogP contribution in [-0.4, -0.2) is 67.4 Å². The number of carbonyl (C=O) groups excluding carboxylic acids is 1. The number of hydrogen-bond acceptors (Lipinski definition) is 6. The van der Waals surface area contributed by atoms with Gasteiger partial charge in [-0.2, -0.15) is 0 Å². The minimum atomic E-state index is -2.68. The van der Waals surface area contributed by atoms with Gasteiger partial charge in [0.15, 0.2) is 0 Å². The summed E-state index contributed by atoms with van der Waals surface area (Å²) in [6.45, 7) is 16.8. The number of hydrogen-bond donors (Lipinski definition) is 0. The predicted molar refractivity (Wildman–Crippen MR) is 120 cm³/mol. The standard InChI is InChI=1S/C20H45NO5Si2/c1-9-19(7)25-28(23-10-2,24-11-3)17-15-16-21(8)18-20(22)26-27(12-4,13-5)14-6/h19H,9-18H2,1-8H3. The van der Waals surface area contributed by atoms with E-state index in [-0.39, 0.29) is 12.1 Å². The zero-order valence-corrected chi connectivity index (χ0v) is 21.6. The van der Waals surface area contributed by atoms with Gasteiger partial charge >= 0.3 is 14.8 Å². The van der Waals surface area contributed by atoms with Crippen molar-refractivity contribution in [1.29, 1.82) is 0 Å². The second kappa shape index (κ2) is 14.7. The molecule has 0 aliphatic heterocycles. The highest BCUT2D eigenvalue weighted by molar-refractivity contribution is 6.74. The fraction of sp³-hybridized carbons (Fsp3) is 0.950. The van der Waals surface area contributed by atoms with E-state index in [9.17, 15) is 4.79 Å². The Bertz CT molecular complexity index is 407. The Morgan fingerprint density at radius 3 is 1.93 bits per heavy atom. The van der Waals surface area contributed by atoms with Crippen molar-refractivity contribution in [2.45, 2.75) is 91.6 Å². The second-order valence-corrected chi connectivity index (χ2v) is 14.8. The molecule has 1 unspecified atom stereocenters. The maximum atomic E-state index is 12.4. The number of carbonyl (C=O) groups is 1. The first-order valence-electron chi connectivity index (χ1n) is 11.1. The van der Waals surface area contributed by atoms with Crippen molar-refractivity contribution < 1.29 is 22.5 Å². The summed E-state index contributed by atoms with van der Waals surface area (Å²) in [7, 11) is -2.59. The first kappa shape index (κ1) is 27.7. The van der Waals surface area contributed by atoms with Crippen LogP contribution in [0.25, 0.3) is 0 Å². The van der Waals surface area contributed by atoms with E-state index in [4.69, 9.17) is 17.7 Å². The van der Waals surface area contributed by atoms with Gasteiger partial charge in [-0.1, -0.05) is 27.7 Å². The van der Waals surface area contributed by atoms with Gasteiger partial charge in [0.25, 0.3) is 8.32 Å². The zero-order valence-electron chi connectivity index (χ0n) is 19.6. The van der Waals surface area contributed by atoms with Crippen LogP contribution in [0.1, 0.15) is 61.3 Å². The molecule has 0 aromatic rings. The van der Waals surface area contributed by atoms with Crippen molar-refractivity contribution in [3.05, 3.63) is 0 Å². The highest BCUT2D eigenvalue weighted by atomic mass is 28.4. The highest BCUT2D eigenvalue weighted by Crippen LogP contribution is 2.23. The third-order valence-electron chi connectivity index (χ3n) is 5.37. The molecule has 8 heteroatoms. The van der Waals surface area contributed by atoms with E-state index >= 15 is 0 Å². The Morgan fingerprint density at radius 2 is 1.50 bits per heavy atom. The normalized spacial score (nSPS) is 13.8. The summed E-state index contributed by atoms with van der Waals surface area (Å²) in [4.78, 5) is 14.4. The van der Waals surface area contributed by atoms with Crippen LogP contribution in [0, 0.1) is 0 Å². The van der Waals surface area contributed by atoms with Crippen LogP contribution in [0.4, 0.5) is 0 Å². The lowest BCUT2D eigenvalue weighted by atomic mass is 10.3. The average molecular weight is 436 g/mol. The summed E-state index contributed by atoms with van der Waals surface area (Å²) >= 11 is 0. The third-order valence-corrected chi connectivity index (χ3v) is 13.1. The summed E-state index contributed by atoms with van der Waals surface area (Å²) in [5, 5.41) is 0. The van der Waals surface area contributed by atoms with Crippen LogP contribution in [-0.2, 0) is 22.5 Å². The molecule has 0 heterocycles. The summed E-state index contributed by atoms with van der Waals surface area (Å²) in [6.07, 6.45) is 1.91. The molecule has 0 aromatic carbocycles. The van der Waals surface area contributed by atoms with Crippen molar-refractivity contribution in [2.75, 3.05) is 33.4 Å². The summed E-state index contributed by atoms with van der Waals surface area (Å²) in [5.74, 6) is -0.0892. The van der Waals surface area contributed by atoms with Crippen LogP contribution >= 0.6 is 0 Å². The van der Waals surface area contributed by atoms with E-state index in [1.54, 1.807) is 0 Å². The second-order valence-electron chi connectivity index (χ2n) is 7.44. The Balaban J connectivity index is 4.67. The van der Waals surface area contributed by atoms with Crippen molar-refractivity contribution in [3.8, 4) is 0 Å². The van der Waals surface area contributed by atoms with Gasteiger partial charge in [0, 0.05) is 25.4 Å². The minimum Gasteiger partial charge on any atom is -0.518 e. The van der Waals surface area contributed by atoms with Crippen LogP contribution in [0.5, 0.6) is 0 Å². The van der Waals surface area contributed by atoms with E-state index in [0.29, 0.717) is 19.8 Å². The summed E-state index contributed by atoms with van der Waals surface area (Å²) in [5.41, 5.74) is 0. The summed E-state index contributed by atoms with van der Waals surface area (Å²) in [6, 6.07) is 3.72. The lowest BCUT2D eigenvalue weighted by Crippen LogP contribution is -2.48. The quantitative estimate of drug-likeness (QED) is 0.309. The van der Waals surface area contributed by atoms with Crippen LogP contribution in [0.2, 0.25) is 24.2 Å². The van der Waals surface area contributed by atoms with E-state index in [2.05, 4.69) is 34.6 Å². The molecule has 0 rings (SSSR count). The molecule has 0 radical (unpaired) electrons. The maximum Gasteiger partial charge on any atom is 0.501 e. The topological polar surface area (TPSA) is 57.2 Å². The Kier molecular flexibility index (Phi) is 14.5. The smallest absolute Gasteiger partial charge is 0.501 e. The van der Waals surface area contributed by atoms with Gasteiger partial charge < -0.3 is 17.7 Å². The molecule has 0 aromatic heterocycles. The zero-order chi connectivity index (χ0) is 21.6. The molecular formula is C20H45NO5Si2. The van der Waals surface area contributed by atoms with Gasteiger partial charge in [-0.25, -0.2) is 0 Å². The van der Waals surface area contributed by atoms with Gasteiger partial charge in [-0.3, -0.25) is 9.69 Å². The van der Waals surface area contributed by atoms with Gasteiger partial charge in [0.05, 0.1) is 6.54 Å². The molecule has 0 amide bonds. The monoisotopic (exact) mass is 435 g/mol. The van der Waals surface area contributed by atoms with Gasteiger partial charge in [0.2, 0.25) is 0 Å². The van der Waals surface area contributed by atoms with E-state index in [0.717, 1.165) is 43.6 Å². The van der Waals surface area contributed by atoms with Crippen molar-refractivity contribution in [2.24, 2.45) is 0 Å². The Hall–Kier alpha value is -0.256. The Morgan fingerprint density at radius 1 is 0.964 bits per heavy atom. The maximum absolute atomic E-state index is 12.4. The number of rotatable bonds is 17. The van der Waals surface area contributed by atoms with Gasteiger partial charge in [-0.05, 0) is 65.3 Å². The molecule has 0 N–H and O–H groups in total. The van der Waals surface area contributed by atoms with E-state index in [1.165, 1.54) is 0 Å². The molecule has 0 bridgehead atoms. The first-order chi connectivity index (χ1) is 13.3. The molecule has 6 nitrogen and oxygen atoms in total. The summed E-state index contributed by atoms with van der Waals surface area (Å²) < 4.78 is 24.2. The third kappa shape index (κ3) is 9.98. The van der Waals surface area contributed by atoms with E-state index in [1.807, 2.05) is 25.8 Å². The lowest BCUT2D eigenvalue weighted by Gasteiger charge is -2.32. The molecule has 28 heavy (non-hydrogen) atoms. The van der Waals surface area contributed by atoms with Crippen molar-refractivity contribution >= 4 is 23.1 Å². The molecule has 0 aliphatic rings. The molecule has 0 spiro atoms. The van der Waals surface area contributed by atoms with Crippen LogP contribution in [0.3, 0.4) is 0 Å². The number of likely N-dealkylation sites (N-methyl/N-ethyl adjacent to an activating group) is 1. The molecule has 0 saturated carbocycles. The van der Waals surface area contributed by atoms with Gasteiger partial charge in [0.1, 0.15) is 0 Å². The van der Waals surface area contributed by atoms with Crippen LogP contribution < -0.4 is 0 Å². The largest absolute Gasteiger partial charge is 0.518 e. The van der Waals surface area contributed by atoms with Gasteiger partial charge in [-0.15, -0.1) is 0 Å². The molecule has 0 fully saturated rings. The lowest BCUT2D eigenvalue weighted by molar-refractivity contribution is -0.136. The fourth-order valence-corrected chi connectivity index (χ4v) is 8.60. The van der Waals surface area contributed by atoms with Crippen molar-refractivity contribution in [1.82, 2.24) is 4.90 Å². The SMILES string of the molecule is CCO[Si](CCCN(C)CC(=O)O[Si](CC)(CC)CC)(OCC)OC(C)CC. The molecule has 1 atom stereocenters. The molecular weight excluding hydrogens is 390 g/mol. The minimum absolute atomic E-state index is 0.0892. The number of nitrogens with zero attached hydrogens (tertiary/aromatic N) is 1. The van der Waals surface area contributed by atoms with E-state index < -0.39 is 17.1 Å².